The first-order valence-electron chi connectivity index (χ1n) is 11.3. The highest BCUT2D eigenvalue weighted by molar-refractivity contribution is 6.06. The van der Waals surface area contributed by atoms with Crippen LogP contribution in [0.15, 0.2) is 59.7 Å². The molecule has 2 aliphatic heterocycles. The van der Waals surface area contributed by atoms with Gasteiger partial charge in [0.1, 0.15) is 17.4 Å². The number of oxime groups is 1. The Morgan fingerprint density at radius 1 is 1.19 bits per heavy atom. The van der Waals surface area contributed by atoms with Gasteiger partial charge in [-0.3, -0.25) is 0 Å². The standard InChI is InChI=1S/C26H24F2N4O4/c1-16-14-31(15-29-16)22-9-6-17(12-23(22)34-2)11-18-5-4-10-32-24(18)30-36-26(32,25(33)35-3)20-13-19(27)7-8-21(20)28/h6-9,11-15H,4-5,10H2,1-3H3/b18-11+/t26-/m0/s1. The van der Waals surface area contributed by atoms with E-state index in [1.54, 1.807) is 13.4 Å². The quantitative estimate of drug-likeness (QED) is 0.492. The summed E-state index contributed by atoms with van der Waals surface area (Å²) in [6, 6.07) is 8.59. The summed E-state index contributed by atoms with van der Waals surface area (Å²) in [5.74, 6) is -1.40. The number of fused-ring (bicyclic) bond motifs is 1. The Hall–Kier alpha value is -4.21. The van der Waals surface area contributed by atoms with Gasteiger partial charge in [-0.15, -0.1) is 0 Å². The molecule has 2 aromatic carbocycles. The van der Waals surface area contributed by atoms with Crippen molar-refractivity contribution in [2.24, 2.45) is 5.16 Å². The molecule has 2 aliphatic rings. The number of piperidine rings is 1. The van der Waals surface area contributed by atoms with Crippen LogP contribution in [0.3, 0.4) is 0 Å². The fraction of sp³-hybridized carbons (Fsp3) is 0.269. The van der Waals surface area contributed by atoms with Crippen molar-refractivity contribution < 1.29 is 27.9 Å². The van der Waals surface area contributed by atoms with E-state index in [1.807, 2.05) is 42.0 Å². The van der Waals surface area contributed by atoms with Gasteiger partial charge in [-0.05, 0) is 67.3 Å². The van der Waals surface area contributed by atoms with Crippen molar-refractivity contribution in [2.75, 3.05) is 20.8 Å². The van der Waals surface area contributed by atoms with Gasteiger partial charge < -0.3 is 23.8 Å². The van der Waals surface area contributed by atoms with Crippen LogP contribution in [0.4, 0.5) is 8.78 Å². The van der Waals surface area contributed by atoms with Gasteiger partial charge in [0.25, 0.3) is 0 Å². The molecule has 186 valence electrons. The molecule has 0 aliphatic carbocycles. The summed E-state index contributed by atoms with van der Waals surface area (Å²) in [6.07, 6.45) is 6.80. The number of halogens is 2. The minimum absolute atomic E-state index is 0.295. The third kappa shape index (κ3) is 3.78. The summed E-state index contributed by atoms with van der Waals surface area (Å²) in [5.41, 5.74) is 0.968. The highest BCUT2D eigenvalue weighted by atomic mass is 19.1. The van der Waals surface area contributed by atoms with Crippen LogP contribution in [0.2, 0.25) is 0 Å². The second-order valence-corrected chi connectivity index (χ2v) is 8.54. The molecular weight excluding hydrogens is 470 g/mol. The van der Waals surface area contributed by atoms with E-state index in [0.717, 1.165) is 40.7 Å². The second kappa shape index (κ2) is 9.10. The largest absolute Gasteiger partial charge is 0.495 e. The highest BCUT2D eigenvalue weighted by Gasteiger charge is 2.58. The molecular formula is C26H24F2N4O4. The van der Waals surface area contributed by atoms with Gasteiger partial charge in [0.15, 0.2) is 5.84 Å². The number of aryl methyl sites for hydroxylation is 1. The molecule has 1 fully saturated rings. The van der Waals surface area contributed by atoms with Crippen molar-refractivity contribution in [3.05, 3.63) is 83.0 Å². The average molecular weight is 494 g/mol. The first-order valence-corrected chi connectivity index (χ1v) is 11.3. The molecule has 0 spiro atoms. The van der Waals surface area contributed by atoms with E-state index in [-0.39, 0.29) is 5.56 Å². The number of methoxy groups -OCH3 is 2. The van der Waals surface area contributed by atoms with Gasteiger partial charge in [0.2, 0.25) is 0 Å². The summed E-state index contributed by atoms with van der Waals surface area (Å²) in [6.45, 7) is 2.24. The molecule has 0 N–H and O–H groups in total. The van der Waals surface area contributed by atoms with Gasteiger partial charge in [-0.25, -0.2) is 18.6 Å². The average Bonchev–Trinajstić information content (AvgIpc) is 3.50. The van der Waals surface area contributed by atoms with Crippen molar-refractivity contribution in [2.45, 2.75) is 25.5 Å². The topological polar surface area (TPSA) is 78.2 Å². The van der Waals surface area contributed by atoms with Crippen LogP contribution in [0.1, 0.15) is 29.7 Å². The molecule has 0 unspecified atom stereocenters. The van der Waals surface area contributed by atoms with E-state index >= 15 is 0 Å². The fourth-order valence-corrected chi connectivity index (χ4v) is 4.63. The normalized spacial score (nSPS) is 20.1. The first kappa shape index (κ1) is 23.5. The molecule has 0 radical (unpaired) electrons. The molecule has 5 rings (SSSR count). The maximum Gasteiger partial charge on any atom is 0.380 e. The summed E-state index contributed by atoms with van der Waals surface area (Å²) in [5, 5.41) is 4.16. The molecule has 10 heteroatoms. The van der Waals surface area contributed by atoms with Gasteiger partial charge >= 0.3 is 11.7 Å². The number of benzene rings is 2. The Bertz CT molecular complexity index is 1400. The number of carbonyl (C=O) groups is 1. The Balaban J connectivity index is 1.53. The Labute approximate surface area is 206 Å². The molecule has 0 saturated carbocycles. The van der Waals surface area contributed by atoms with Crippen LogP contribution in [0, 0.1) is 18.6 Å². The fourth-order valence-electron chi connectivity index (χ4n) is 4.63. The lowest BCUT2D eigenvalue weighted by molar-refractivity contribution is -0.187. The van der Waals surface area contributed by atoms with Crippen molar-refractivity contribution in [3.63, 3.8) is 0 Å². The smallest absolute Gasteiger partial charge is 0.380 e. The van der Waals surface area contributed by atoms with Gasteiger partial charge in [0, 0.05) is 12.7 Å². The van der Waals surface area contributed by atoms with Crippen LogP contribution in [0.25, 0.3) is 11.8 Å². The predicted octanol–water partition coefficient (Wildman–Crippen LogP) is 4.32. The van der Waals surface area contributed by atoms with Crippen molar-refractivity contribution >= 4 is 17.9 Å². The van der Waals surface area contributed by atoms with Crippen molar-refractivity contribution in [1.82, 2.24) is 14.5 Å². The van der Waals surface area contributed by atoms with Crippen LogP contribution >= 0.6 is 0 Å². The maximum atomic E-state index is 14.9. The third-order valence-electron chi connectivity index (χ3n) is 6.31. The van der Waals surface area contributed by atoms with E-state index in [9.17, 15) is 13.6 Å². The van der Waals surface area contributed by atoms with Crippen LogP contribution in [0.5, 0.6) is 5.75 Å². The Kier molecular flexibility index (Phi) is 5.95. The third-order valence-corrected chi connectivity index (χ3v) is 6.31. The monoisotopic (exact) mass is 494 g/mol. The summed E-state index contributed by atoms with van der Waals surface area (Å²) >= 11 is 0. The Morgan fingerprint density at radius 2 is 2.03 bits per heavy atom. The molecule has 0 amide bonds. The minimum Gasteiger partial charge on any atom is -0.495 e. The van der Waals surface area contributed by atoms with Crippen LogP contribution in [-0.4, -0.2) is 47.0 Å². The molecule has 3 heterocycles. The Morgan fingerprint density at radius 3 is 2.75 bits per heavy atom. The number of amidine groups is 1. The van der Waals surface area contributed by atoms with Gasteiger partial charge in [-0.2, -0.15) is 0 Å². The second-order valence-electron chi connectivity index (χ2n) is 8.54. The summed E-state index contributed by atoms with van der Waals surface area (Å²) in [7, 11) is 2.76. The summed E-state index contributed by atoms with van der Waals surface area (Å²) < 4.78 is 41.4. The molecule has 1 atom stereocenters. The molecule has 36 heavy (non-hydrogen) atoms. The van der Waals surface area contributed by atoms with Gasteiger partial charge in [0.05, 0.1) is 37.5 Å². The van der Waals surface area contributed by atoms with E-state index in [0.29, 0.717) is 31.0 Å². The first-order chi connectivity index (χ1) is 17.4. The zero-order valence-electron chi connectivity index (χ0n) is 20.0. The van der Waals surface area contributed by atoms with Crippen molar-refractivity contribution in [1.29, 1.82) is 0 Å². The summed E-state index contributed by atoms with van der Waals surface area (Å²) in [4.78, 5) is 24.4. The van der Waals surface area contributed by atoms with Crippen LogP contribution in [-0.2, 0) is 20.1 Å². The number of carbonyl (C=O) groups excluding carboxylic acids is 1. The highest BCUT2D eigenvalue weighted by Crippen LogP contribution is 2.42. The van der Waals surface area contributed by atoms with Gasteiger partial charge in [-0.1, -0.05) is 11.2 Å². The number of nitrogens with zero attached hydrogens (tertiary/aromatic N) is 4. The number of ether oxygens (including phenoxy) is 2. The zero-order valence-corrected chi connectivity index (χ0v) is 20.0. The zero-order chi connectivity index (χ0) is 25.4. The lowest BCUT2D eigenvalue weighted by Gasteiger charge is -2.37. The van der Waals surface area contributed by atoms with Crippen LogP contribution < -0.4 is 4.74 Å². The lowest BCUT2D eigenvalue weighted by atomic mass is 9.94. The number of imidazole rings is 1. The van der Waals surface area contributed by atoms with E-state index in [1.165, 1.54) is 12.0 Å². The predicted molar refractivity (Wildman–Crippen MR) is 127 cm³/mol. The van der Waals surface area contributed by atoms with E-state index in [4.69, 9.17) is 14.3 Å². The molecule has 8 nitrogen and oxygen atoms in total. The maximum absolute atomic E-state index is 14.9. The minimum atomic E-state index is -2.06. The molecule has 1 saturated heterocycles. The lowest BCUT2D eigenvalue weighted by Crippen LogP contribution is -2.54. The number of esters is 1. The number of hydrogen-bond donors (Lipinski definition) is 0. The number of aromatic nitrogens is 2. The van der Waals surface area contributed by atoms with E-state index < -0.39 is 23.3 Å². The molecule has 0 bridgehead atoms. The number of rotatable bonds is 5. The number of hydrogen-bond acceptors (Lipinski definition) is 7. The molecule has 3 aromatic rings. The van der Waals surface area contributed by atoms with Crippen molar-refractivity contribution in [3.8, 4) is 11.4 Å². The van der Waals surface area contributed by atoms with E-state index in [2.05, 4.69) is 10.1 Å². The molecule has 1 aromatic heterocycles. The SMILES string of the molecule is COC(=O)[C@]1(c2cc(F)ccc2F)ON=C2/C(=C/c3ccc(-n4cnc(C)c4)c(OC)c3)CCCN21.